The maximum atomic E-state index is 12.5. The molecule has 182 valence electrons. The average molecular weight is 461 g/mol. The number of carbonyl (C=O) groups is 1. The van der Waals surface area contributed by atoms with Gasteiger partial charge in [0.25, 0.3) is 0 Å². The summed E-state index contributed by atoms with van der Waals surface area (Å²) in [6.45, 7) is 5.62. The average Bonchev–Trinajstić information content (AvgIpc) is 2.96. The standard InChI is InChI=1S/C26H36O7/c1-14(27)33-20-12-26(31)19-6-5-16-10-17(28)11-21(29)25(16,3)18(19)8-9-24(26,2)23(20)15-4-7-22(30)32-13-15/h4,7,13,16-21,23,28-29,31H,5-6,8-12H2,1-3H3. The van der Waals surface area contributed by atoms with E-state index < -0.39 is 40.9 Å². The van der Waals surface area contributed by atoms with E-state index in [-0.39, 0.29) is 29.1 Å². The molecule has 0 bridgehead atoms. The van der Waals surface area contributed by atoms with Gasteiger partial charge in [0.15, 0.2) is 0 Å². The van der Waals surface area contributed by atoms with Gasteiger partial charge in [-0.3, -0.25) is 4.79 Å². The molecule has 7 nitrogen and oxygen atoms in total. The number of aliphatic hydroxyl groups excluding tert-OH is 2. The van der Waals surface area contributed by atoms with Gasteiger partial charge in [-0.15, -0.1) is 0 Å². The maximum Gasteiger partial charge on any atom is 0.335 e. The zero-order chi connectivity index (χ0) is 23.8. The third-order valence-corrected chi connectivity index (χ3v) is 10.3. The van der Waals surface area contributed by atoms with Crippen molar-refractivity contribution in [2.24, 2.45) is 28.6 Å². The summed E-state index contributed by atoms with van der Waals surface area (Å²) >= 11 is 0. The van der Waals surface area contributed by atoms with E-state index in [1.807, 2.05) is 0 Å². The summed E-state index contributed by atoms with van der Waals surface area (Å²) in [5.41, 5.74) is -1.69. The van der Waals surface area contributed by atoms with E-state index in [1.165, 1.54) is 19.3 Å². The Morgan fingerprint density at radius 1 is 1.12 bits per heavy atom. The highest BCUT2D eigenvalue weighted by Crippen LogP contribution is 2.70. The first-order valence-corrected chi connectivity index (χ1v) is 12.3. The number of rotatable bonds is 2. The van der Waals surface area contributed by atoms with E-state index >= 15 is 0 Å². The Morgan fingerprint density at radius 2 is 1.88 bits per heavy atom. The van der Waals surface area contributed by atoms with Crippen molar-refractivity contribution in [1.82, 2.24) is 0 Å². The van der Waals surface area contributed by atoms with Gasteiger partial charge in [-0.05, 0) is 73.3 Å². The van der Waals surface area contributed by atoms with E-state index in [0.717, 1.165) is 24.8 Å². The van der Waals surface area contributed by atoms with Gasteiger partial charge < -0.3 is 24.5 Å². The van der Waals surface area contributed by atoms with Crippen LogP contribution in [0.25, 0.3) is 0 Å². The Balaban J connectivity index is 1.56. The molecule has 0 radical (unpaired) electrons. The molecule has 4 aliphatic carbocycles. The molecule has 33 heavy (non-hydrogen) atoms. The van der Waals surface area contributed by atoms with Crippen LogP contribution in [0.4, 0.5) is 0 Å². The van der Waals surface area contributed by atoms with E-state index in [9.17, 15) is 24.9 Å². The third-order valence-electron chi connectivity index (χ3n) is 10.3. The highest BCUT2D eigenvalue weighted by molar-refractivity contribution is 5.66. The summed E-state index contributed by atoms with van der Waals surface area (Å²) < 4.78 is 10.9. The summed E-state index contributed by atoms with van der Waals surface area (Å²) in [7, 11) is 0. The highest BCUT2D eigenvalue weighted by atomic mass is 16.5. The Bertz CT molecular complexity index is 969. The molecule has 1 heterocycles. The minimum Gasteiger partial charge on any atom is -0.462 e. The van der Waals surface area contributed by atoms with Crippen LogP contribution in [-0.2, 0) is 9.53 Å². The Labute approximate surface area is 194 Å². The zero-order valence-electron chi connectivity index (χ0n) is 19.7. The van der Waals surface area contributed by atoms with Crippen molar-refractivity contribution in [2.45, 2.75) is 95.5 Å². The van der Waals surface area contributed by atoms with Gasteiger partial charge in [0.2, 0.25) is 0 Å². The summed E-state index contributed by atoms with van der Waals surface area (Å²) in [6, 6.07) is 3.10. The monoisotopic (exact) mass is 460 g/mol. The van der Waals surface area contributed by atoms with Gasteiger partial charge in [-0.25, -0.2) is 4.79 Å². The molecule has 7 heteroatoms. The van der Waals surface area contributed by atoms with Crippen LogP contribution in [-0.4, -0.2) is 45.2 Å². The number of fused-ring (bicyclic) bond motifs is 5. The van der Waals surface area contributed by atoms with Crippen LogP contribution < -0.4 is 5.63 Å². The summed E-state index contributed by atoms with van der Waals surface area (Å²) in [6.07, 6.45) is 4.50. The van der Waals surface area contributed by atoms with E-state index in [4.69, 9.17) is 9.15 Å². The normalized spacial score (nSPS) is 49.0. The fourth-order valence-corrected chi connectivity index (χ4v) is 8.73. The van der Waals surface area contributed by atoms with Crippen molar-refractivity contribution in [1.29, 1.82) is 0 Å². The topological polar surface area (TPSA) is 117 Å². The second kappa shape index (κ2) is 7.65. The molecule has 10 unspecified atom stereocenters. The van der Waals surface area contributed by atoms with E-state index in [2.05, 4.69) is 13.8 Å². The number of carbonyl (C=O) groups excluding carboxylic acids is 1. The predicted molar refractivity (Wildman–Crippen MR) is 119 cm³/mol. The van der Waals surface area contributed by atoms with Gasteiger partial charge in [-0.2, -0.15) is 0 Å². The molecule has 4 saturated carbocycles. The molecular weight excluding hydrogens is 424 g/mol. The fraction of sp³-hybridized carbons (Fsp3) is 0.769. The van der Waals surface area contributed by atoms with E-state index in [1.54, 1.807) is 6.07 Å². The Morgan fingerprint density at radius 3 is 2.55 bits per heavy atom. The first-order chi connectivity index (χ1) is 15.5. The van der Waals surface area contributed by atoms with Crippen LogP contribution in [0.1, 0.15) is 77.2 Å². The molecule has 1 aromatic heterocycles. The lowest BCUT2D eigenvalue weighted by atomic mass is 9.42. The second-order valence-electron chi connectivity index (χ2n) is 11.6. The SMILES string of the molecule is CC(=O)OC1CC2(O)C3CCC4CC(O)CC(O)C4(C)C3CCC2(C)C1c1ccc(=O)oc1. The molecule has 4 fully saturated rings. The van der Waals surface area contributed by atoms with Crippen LogP contribution in [0, 0.1) is 28.6 Å². The van der Waals surface area contributed by atoms with Crippen LogP contribution in [0.5, 0.6) is 0 Å². The number of hydrogen-bond donors (Lipinski definition) is 3. The molecular formula is C26H36O7. The molecule has 0 aromatic carbocycles. The van der Waals surface area contributed by atoms with Crippen LogP contribution in [0.2, 0.25) is 0 Å². The minimum atomic E-state index is -1.08. The number of aliphatic hydroxyl groups is 3. The number of hydrogen-bond acceptors (Lipinski definition) is 7. The Hall–Kier alpha value is -1.70. The predicted octanol–water partition coefficient (Wildman–Crippen LogP) is 2.75. The summed E-state index contributed by atoms with van der Waals surface area (Å²) in [4.78, 5) is 23.6. The lowest BCUT2D eigenvalue weighted by molar-refractivity contribution is -0.229. The van der Waals surface area contributed by atoms with E-state index in [0.29, 0.717) is 25.7 Å². The largest absolute Gasteiger partial charge is 0.462 e. The lowest BCUT2D eigenvalue weighted by Gasteiger charge is -2.64. The molecule has 0 amide bonds. The molecule has 3 N–H and O–H groups in total. The summed E-state index contributed by atoms with van der Waals surface area (Å²) in [5, 5.41) is 33.9. The van der Waals surface area contributed by atoms with Crippen molar-refractivity contribution in [2.75, 3.05) is 0 Å². The number of ether oxygens (including phenoxy) is 1. The quantitative estimate of drug-likeness (QED) is 0.581. The molecule has 0 saturated heterocycles. The van der Waals surface area contributed by atoms with Crippen molar-refractivity contribution in [3.63, 3.8) is 0 Å². The fourth-order valence-electron chi connectivity index (χ4n) is 8.73. The highest BCUT2D eigenvalue weighted by Gasteiger charge is 2.71. The summed E-state index contributed by atoms with van der Waals surface area (Å²) in [5.74, 6) is -0.365. The van der Waals surface area contributed by atoms with Gasteiger partial charge in [0.05, 0.1) is 24.1 Å². The van der Waals surface area contributed by atoms with Crippen LogP contribution in [0.3, 0.4) is 0 Å². The van der Waals surface area contributed by atoms with Crippen molar-refractivity contribution < 1.29 is 29.3 Å². The van der Waals surface area contributed by atoms with Gasteiger partial charge >= 0.3 is 11.6 Å². The Kier molecular flexibility index (Phi) is 5.35. The zero-order valence-corrected chi connectivity index (χ0v) is 19.7. The van der Waals surface area contributed by atoms with Crippen molar-refractivity contribution in [3.8, 4) is 0 Å². The van der Waals surface area contributed by atoms with Gasteiger partial charge in [0.1, 0.15) is 6.10 Å². The van der Waals surface area contributed by atoms with Crippen LogP contribution >= 0.6 is 0 Å². The smallest absolute Gasteiger partial charge is 0.335 e. The first-order valence-electron chi connectivity index (χ1n) is 12.3. The van der Waals surface area contributed by atoms with Gasteiger partial charge in [-0.1, -0.05) is 13.8 Å². The molecule has 4 aliphatic rings. The third kappa shape index (κ3) is 3.18. The molecule has 1 aromatic rings. The first kappa shape index (κ1) is 23.1. The van der Waals surface area contributed by atoms with Gasteiger partial charge in [0, 0.05) is 30.7 Å². The van der Waals surface area contributed by atoms with Crippen molar-refractivity contribution >= 4 is 5.97 Å². The molecule has 10 atom stereocenters. The minimum absolute atomic E-state index is 0.0406. The number of esters is 1. The molecule has 0 spiro atoms. The molecule has 0 aliphatic heterocycles. The second-order valence-corrected chi connectivity index (χ2v) is 11.6. The molecule has 5 rings (SSSR count). The van der Waals surface area contributed by atoms with Crippen LogP contribution in [0.15, 0.2) is 27.6 Å². The maximum absolute atomic E-state index is 12.5. The lowest BCUT2D eigenvalue weighted by Crippen LogP contribution is -2.64. The van der Waals surface area contributed by atoms with Crippen molar-refractivity contribution in [3.05, 3.63) is 34.4 Å².